The summed E-state index contributed by atoms with van der Waals surface area (Å²) in [7, 11) is 0. The largest absolute Gasteiger partial charge is 0.356 e. The molecule has 1 aliphatic heterocycles. The maximum Gasteiger partial charge on any atom is 0.220 e. The molecular formula is C15H30N2OS. The van der Waals surface area contributed by atoms with Gasteiger partial charge in [-0.25, -0.2) is 0 Å². The van der Waals surface area contributed by atoms with Crippen molar-refractivity contribution in [3.8, 4) is 0 Å². The molecule has 0 aliphatic carbocycles. The molecule has 1 fully saturated rings. The topological polar surface area (TPSA) is 41.1 Å². The molecule has 19 heavy (non-hydrogen) atoms. The first-order chi connectivity index (χ1) is 9.33. The summed E-state index contributed by atoms with van der Waals surface area (Å²) in [4.78, 5) is 11.7. The van der Waals surface area contributed by atoms with Crippen LogP contribution in [0, 0.1) is 0 Å². The second kappa shape index (κ2) is 11.6. The van der Waals surface area contributed by atoms with E-state index in [1.165, 1.54) is 44.3 Å². The average Bonchev–Trinajstić information content (AvgIpc) is 2.45. The fraction of sp³-hybridized carbons (Fsp3) is 0.933. The van der Waals surface area contributed by atoms with Crippen LogP contribution in [0.25, 0.3) is 0 Å². The van der Waals surface area contributed by atoms with Crippen LogP contribution in [0.15, 0.2) is 0 Å². The van der Waals surface area contributed by atoms with Gasteiger partial charge in [-0.15, -0.1) is 0 Å². The number of carbonyl (C=O) groups is 1. The molecule has 1 aliphatic rings. The maximum absolute atomic E-state index is 11.7. The van der Waals surface area contributed by atoms with Gasteiger partial charge in [-0.1, -0.05) is 19.3 Å². The molecule has 112 valence electrons. The summed E-state index contributed by atoms with van der Waals surface area (Å²) in [6.45, 7) is 1.98. The van der Waals surface area contributed by atoms with Gasteiger partial charge >= 0.3 is 0 Å². The molecule has 1 heterocycles. The Bertz CT molecular complexity index is 230. The van der Waals surface area contributed by atoms with E-state index in [9.17, 15) is 4.79 Å². The van der Waals surface area contributed by atoms with Crippen molar-refractivity contribution < 1.29 is 4.79 Å². The first-order valence-corrected chi connectivity index (χ1v) is 9.21. The lowest BCUT2D eigenvalue weighted by molar-refractivity contribution is -0.121. The van der Waals surface area contributed by atoms with E-state index in [1.54, 1.807) is 0 Å². The van der Waals surface area contributed by atoms with Crippen LogP contribution in [-0.2, 0) is 4.79 Å². The second-order valence-corrected chi connectivity index (χ2v) is 6.43. The van der Waals surface area contributed by atoms with E-state index in [4.69, 9.17) is 0 Å². The van der Waals surface area contributed by atoms with Crippen molar-refractivity contribution in [2.75, 3.05) is 25.1 Å². The number of piperidine rings is 1. The third-order valence-electron chi connectivity index (χ3n) is 3.73. The quantitative estimate of drug-likeness (QED) is 0.607. The minimum absolute atomic E-state index is 0.233. The van der Waals surface area contributed by atoms with E-state index in [0.717, 1.165) is 25.9 Å². The number of rotatable bonds is 10. The van der Waals surface area contributed by atoms with Gasteiger partial charge in [0.15, 0.2) is 0 Å². The fourth-order valence-corrected chi connectivity index (χ4v) is 3.01. The molecule has 3 nitrogen and oxygen atoms in total. The van der Waals surface area contributed by atoms with Crippen LogP contribution >= 0.6 is 11.8 Å². The molecule has 0 aromatic heterocycles. The Morgan fingerprint density at radius 3 is 2.84 bits per heavy atom. The Hall–Kier alpha value is -0.220. The van der Waals surface area contributed by atoms with E-state index in [1.807, 2.05) is 11.8 Å². The molecular weight excluding hydrogens is 256 g/mol. The summed E-state index contributed by atoms with van der Waals surface area (Å²) < 4.78 is 0. The van der Waals surface area contributed by atoms with E-state index in [2.05, 4.69) is 16.9 Å². The zero-order valence-corrected chi connectivity index (χ0v) is 13.2. The lowest BCUT2D eigenvalue weighted by Gasteiger charge is -2.23. The van der Waals surface area contributed by atoms with Gasteiger partial charge in [0, 0.05) is 19.0 Å². The minimum Gasteiger partial charge on any atom is -0.356 e. The normalized spacial score (nSPS) is 19.3. The second-order valence-electron chi connectivity index (χ2n) is 5.44. The van der Waals surface area contributed by atoms with Gasteiger partial charge in [-0.3, -0.25) is 4.79 Å². The molecule has 1 atom stereocenters. The molecule has 1 unspecified atom stereocenters. The Kier molecular flexibility index (Phi) is 10.3. The zero-order chi connectivity index (χ0) is 13.8. The predicted octanol–water partition coefficient (Wildman–Crippen LogP) is 2.95. The van der Waals surface area contributed by atoms with E-state index in [-0.39, 0.29) is 5.91 Å². The summed E-state index contributed by atoms with van der Waals surface area (Å²) in [6.07, 6.45) is 12.7. The molecule has 1 amide bonds. The van der Waals surface area contributed by atoms with Crippen LogP contribution in [0.4, 0.5) is 0 Å². The van der Waals surface area contributed by atoms with Crippen molar-refractivity contribution in [1.82, 2.24) is 10.6 Å². The molecule has 2 N–H and O–H groups in total. The molecule has 0 aromatic rings. The van der Waals surface area contributed by atoms with Gasteiger partial charge < -0.3 is 10.6 Å². The fourth-order valence-electron chi connectivity index (χ4n) is 2.52. The minimum atomic E-state index is 0.233. The van der Waals surface area contributed by atoms with Gasteiger partial charge in [-0.05, 0) is 50.7 Å². The van der Waals surface area contributed by atoms with Crippen LogP contribution in [0.1, 0.15) is 57.8 Å². The molecule has 0 aromatic carbocycles. The van der Waals surface area contributed by atoms with Crippen molar-refractivity contribution in [2.45, 2.75) is 63.8 Å². The molecule has 0 bridgehead atoms. The summed E-state index contributed by atoms with van der Waals surface area (Å²) in [5.41, 5.74) is 0. The van der Waals surface area contributed by atoms with Crippen LogP contribution in [0.3, 0.4) is 0 Å². The average molecular weight is 286 g/mol. The Labute approximate surface area is 122 Å². The molecule has 1 saturated heterocycles. The van der Waals surface area contributed by atoms with Crippen molar-refractivity contribution in [3.63, 3.8) is 0 Å². The first-order valence-electron chi connectivity index (χ1n) is 7.82. The van der Waals surface area contributed by atoms with Crippen molar-refractivity contribution in [3.05, 3.63) is 0 Å². The van der Waals surface area contributed by atoms with Gasteiger partial charge in [0.05, 0.1) is 0 Å². The van der Waals surface area contributed by atoms with Gasteiger partial charge in [0.2, 0.25) is 5.91 Å². The van der Waals surface area contributed by atoms with Gasteiger partial charge in [0.25, 0.3) is 0 Å². The lowest BCUT2D eigenvalue weighted by atomic mass is 10.0. The maximum atomic E-state index is 11.7. The number of carbonyl (C=O) groups excluding carboxylic acids is 1. The smallest absolute Gasteiger partial charge is 0.220 e. The number of unbranched alkanes of at least 4 members (excludes halogenated alkanes) is 3. The third kappa shape index (κ3) is 9.33. The first kappa shape index (κ1) is 16.8. The van der Waals surface area contributed by atoms with Crippen LogP contribution in [0.2, 0.25) is 0 Å². The summed E-state index contributed by atoms with van der Waals surface area (Å²) in [6, 6.07) is 0.575. The molecule has 0 saturated carbocycles. The zero-order valence-electron chi connectivity index (χ0n) is 12.4. The highest BCUT2D eigenvalue weighted by molar-refractivity contribution is 7.98. The predicted molar refractivity (Wildman–Crippen MR) is 84.7 cm³/mol. The van der Waals surface area contributed by atoms with Gasteiger partial charge in [-0.2, -0.15) is 11.8 Å². The Balaban J connectivity index is 1.87. The van der Waals surface area contributed by atoms with Crippen molar-refractivity contribution in [1.29, 1.82) is 0 Å². The summed E-state index contributed by atoms with van der Waals surface area (Å²) in [5.74, 6) is 1.50. The van der Waals surface area contributed by atoms with Crippen LogP contribution < -0.4 is 10.6 Å². The number of hydrogen-bond acceptors (Lipinski definition) is 3. The Morgan fingerprint density at radius 2 is 2.11 bits per heavy atom. The lowest BCUT2D eigenvalue weighted by Crippen LogP contribution is -2.35. The molecule has 0 radical (unpaired) electrons. The number of amides is 1. The molecule has 4 heteroatoms. The SMILES string of the molecule is CSCCCCCCNC(=O)CCC1CCCCN1. The third-order valence-corrected chi connectivity index (χ3v) is 4.43. The highest BCUT2D eigenvalue weighted by Gasteiger charge is 2.13. The molecule has 0 spiro atoms. The number of nitrogens with one attached hydrogen (secondary N) is 2. The number of hydrogen-bond donors (Lipinski definition) is 2. The van der Waals surface area contributed by atoms with E-state index >= 15 is 0 Å². The molecule has 1 rings (SSSR count). The highest BCUT2D eigenvalue weighted by atomic mass is 32.2. The Morgan fingerprint density at radius 1 is 1.26 bits per heavy atom. The standard InChI is InChI=1S/C15H30N2OS/c1-19-13-7-3-2-5-12-17-15(18)10-9-14-8-4-6-11-16-14/h14,16H,2-13H2,1H3,(H,17,18). The van der Waals surface area contributed by atoms with E-state index in [0.29, 0.717) is 12.5 Å². The number of thioether (sulfide) groups is 1. The van der Waals surface area contributed by atoms with Crippen molar-refractivity contribution >= 4 is 17.7 Å². The van der Waals surface area contributed by atoms with Crippen LogP contribution in [-0.4, -0.2) is 37.0 Å². The highest BCUT2D eigenvalue weighted by Crippen LogP contribution is 2.11. The van der Waals surface area contributed by atoms with E-state index < -0.39 is 0 Å². The summed E-state index contributed by atoms with van der Waals surface area (Å²) in [5, 5.41) is 6.53. The van der Waals surface area contributed by atoms with Gasteiger partial charge in [0.1, 0.15) is 0 Å². The van der Waals surface area contributed by atoms with Crippen LogP contribution in [0.5, 0.6) is 0 Å². The van der Waals surface area contributed by atoms with Crippen molar-refractivity contribution in [2.24, 2.45) is 0 Å². The monoisotopic (exact) mass is 286 g/mol. The summed E-state index contributed by atoms with van der Waals surface area (Å²) >= 11 is 1.91.